The molecule has 1 amide bonds. The van der Waals surface area contributed by atoms with Crippen LogP contribution < -0.4 is 4.90 Å². The van der Waals surface area contributed by atoms with E-state index in [9.17, 15) is 4.79 Å². The molecule has 0 unspecified atom stereocenters. The lowest BCUT2D eigenvalue weighted by atomic mass is 9.50. The fourth-order valence-electron chi connectivity index (χ4n) is 6.44. The van der Waals surface area contributed by atoms with Crippen molar-refractivity contribution in [1.29, 1.82) is 0 Å². The number of aromatic nitrogens is 2. The van der Waals surface area contributed by atoms with Crippen LogP contribution >= 0.6 is 11.3 Å². The lowest BCUT2D eigenvalue weighted by molar-refractivity contribution is -0.00555. The van der Waals surface area contributed by atoms with E-state index in [1.165, 1.54) is 44.8 Å². The van der Waals surface area contributed by atoms with Gasteiger partial charge in [0.1, 0.15) is 5.01 Å². The van der Waals surface area contributed by atoms with Crippen LogP contribution in [0.1, 0.15) is 59.7 Å². The normalized spacial score (nSPS) is 29.3. The molecule has 7 rings (SSSR count). The summed E-state index contributed by atoms with van der Waals surface area (Å²) in [5.74, 6) is 2.73. The zero-order valence-electron chi connectivity index (χ0n) is 16.9. The average molecular weight is 420 g/mol. The molecular formula is C24H25N3O2S. The van der Waals surface area contributed by atoms with Gasteiger partial charge in [0, 0.05) is 5.41 Å². The van der Waals surface area contributed by atoms with Crippen LogP contribution in [0.15, 0.2) is 53.1 Å². The van der Waals surface area contributed by atoms with Gasteiger partial charge in [0.2, 0.25) is 5.13 Å². The van der Waals surface area contributed by atoms with Crippen LogP contribution in [0.25, 0.3) is 0 Å². The highest BCUT2D eigenvalue weighted by atomic mass is 32.1. The zero-order chi connectivity index (χ0) is 20.1. The topological polar surface area (TPSA) is 59.2 Å². The Morgan fingerprint density at radius 3 is 2.33 bits per heavy atom. The highest BCUT2D eigenvalue weighted by molar-refractivity contribution is 7.15. The molecule has 4 aliphatic rings. The third-order valence-electron chi connectivity index (χ3n) is 7.30. The maximum Gasteiger partial charge on any atom is 0.296 e. The highest BCUT2D eigenvalue weighted by Gasteiger charge is 2.53. The molecule has 3 aromatic rings. The third kappa shape index (κ3) is 3.09. The summed E-state index contributed by atoms with van der Waals surface area (Å²) in [5.41, 5.74) is 1.25. The molecule has 4 bridgehead atoms. The van der Waals surface area contributed by atoms with Crippen molar-refractivity contribution in [1.82, 2.24) is 10.2 Å². The van der Waals surface area contributed by atoms with E-state index in [0.29, 0.717) is 17.4 Å². The standard InChI is InChI=1S/C24H25N3O2S/c28-21(20-7-4-8-29-20)27(15-16-5-2-1-3-6-16)23-26-25-22(30-23)24-12-17-9-18(13-24)11-19(10-17)14-24/h1-8,17-19H,9-15H2. The molecule has 0 aliphatic heterocycles. The summed E-state index contributed by atoms with van der Waals surface area (Å²) in [6, 6.07) is 13.5. The number of nitrogens with zero attached hydrogens (tertiary/aromatic N) is 3. The minimum atomic E-state index is -0.169. The third-order valence-corrected chi connectivity index (χ3v) is 8.49. The van der Waals surface area contributed by atoms with Gasteiger partial charge in [-0.05, 0) is 74.0 Å². The molecule has 0 spiro atoms. The maximum absolute atomic E-state index is 13.2. The maximum atomic E-state index is 13.2. The summed E-state index contributed by atoms with van der Waals surface area (Å²) in [7, 11) is 0. The first-order chi connectivity index (χ1) is 14.7. The SMILES string of the molecule is O=C(c1ccco1)N(Cc1ccccc1)c1nnc(C23CC4CC(CC(C4)C2)C3)s1. The summed E-state index contributed by atoms with van der Waals surface area (Å²) in [6.45, 7) is 0.454. The summed E-state index contributed by atoms with van der Waals surface area (Å²) >= 11 is 1.62. The van der Waals surface area contributed by atoms with Gasteiger partial charge in [0.25, 0.3) is 5.91 Å². The molecule has 2 aromatic heterocycles. The minimum absolute atomic E-state index is 0.169. The number of hydrogen-bond donors (Lipinski definition) is 0. The van der Waals surface area contributed by atoms with E-state index >= 15 is 0 Å². The molecule has 4 saturated carbocycles. The second-order valence-corrected chi connectivity index (χ2v) is 10.4. The smallest absolute Gasteiger partial charge is 0.296 e. The van der Waals surface area contributed by atoms with Gasteiger partial charge in [-0.2, -0.15) is 0 Å². The number of carbonyl (C=O) groups excluding carboxylic acids is 1. The number of anilines is 1. The number of rotatable bonds is 5. The van der Waals surface area contributed by atoms with Crippen molar-refractivity contribution in [2.75, 3.05) is 4.90 Å². The van der Waals surface area contributed by atoms with Crippen LogP contribution in [0.2, 0.25) is 0 Å². The highest BCUT2D eigenvalue weighted by Crippen LogP contribution is 2.61. The molecule has 2 heterocycles. The van der Waals surface area contributed by atoms with Gasteiger partial charge in [-0.3, -0.25) is 9.69 Å². The van der Waals surface area contributed by atoms with Gasteiger partial charge in [-0.15, -0.1) is 10.2 Å². The zero-order valence-corrected chi connectivity index (χ0v) is 17.7. The second kappa shape index (κ2) is 7.05. The first kappa shape index (κ1) is 18.3. The Labute approximate surface area is 180 Å². The quantitative estimate of drug-likeness (QED) is 0.552. The van der Waals surface area contributed by atoms with Crippen LogP contribution in [-0.2, 0) is 12.0 Å². The predicted octanol–water partition coefficient (Wildman–Crippen LogP) is 5.45. The number of carbonyl (C=O) groups is 1. The van der Waals surface area contributed by atoms with Crippen molar-refractivity contribution < 1.29 is 9.21 Å². The first-order valence-corrected chi connectivity index (χ1v) is 11.7. The monoisotopic (exact) mass is 419 g/mol. The summed E-state index contributed by atoms with van der Waals surface area (Å²) in [6.07, 6.45) is 9.50. The number of hydrogen-bond acceptors (Lipinski definition) is 5. The van der Waals surface area contributed by atoms with Gasteiger partial charge in [-0.25, -0.2) is 0 Å². The van der Waals surface area contributed by atoms with Crippen molar-refractivity contribution in [2.24, 2.45) is 17.8 Å². The molecule has 1 aromatic carbocycles. The second-order valence-electron chi connectivity index (χ2n) is 9.44. The van der Waals surface area contributed by atoms with E-state index in [1.807, 2.05) is 30.3 Å². The Hall–Kier alpha value is -2.47. The Kier molecular flexibility index (Phi) is 4.30. The predicted molar refractivity (Wildman–Crippen MR) is 115 cm³/mol. The number of furan rings is 1. The van der Waals surface area contributed by atoms with Gasteiger partial charge >= 0.3 is 0 Å². The average Bonchev–Trinajstić information content (AvgIpc) is 3.44. The molecule has 5 nitrogen and oxygen atoms in total. The Bertz CT molecular complexity index is 1010. The lowest BCUT2D eigenvalue weighted by Crippen LogP contribution is -2.48. The molecule has 0 atom stereocenters. The van der Waals surface area contributed by atoms with Crippen LogP contribution in [0.5, 0.6) is 0 Å². The van der Waals surface area contributed by atoms with Gasteiger partial charge in [-0.1, -0.05) is 41.7 Å². The number of benzene rings is 1. The minimum Gasteiger partial charge on any atom is -0.459 e. The van der Waals surface area contributed by atoms with Gasteiger partial charge in [0.05, 0.1) is 12.8 Å². The van der Waals surface area contributed by atoms with Gasteiger partial charge in [0.15, 0.2) is 5.76 Å². The van der Waals surface area contributed by atoms with Gasteiger partial charge < -0.3 is 4.42 Å². The van der Waals surface area contributed by atoms with E-state index < -0.39 is 0 Å². The van der Waals surface area contributed by atoms with Crippen molar-refractivity contribution >= 4 is 22.4 Å². The Morgan fingerprint density at radius 2 is 1.70 bits per heavy atom. The number of amides is 1. The fourth-order valence-corrected chi connectivity index (χ4v) is 7.50. The molecule has 0 N–H and O–H groups in total. The Balaban J connectivity index is 1.34. The van der Waals surface area contributed by atoms with E-state index in [4.69, 9.17) is 4.42 Å². The largest absolute Gasteiger partial charge is 0.459 e. The fraction of sp³-hybridized carbons (Fsp3) is 0.458. The van der Waals surface area contributed by atoms with Crippen molar-refractivity contribution in [3.8, 4) is 0 Å². The molecule has 0 saturated heterocycles. The van der Waals surface area contributed by atoms with E-state index in [-0.39, 0.29) is 11.3 Å². The molecule has 0 radical (unpaired) electrons. The van der Waals surface area contributed by atoms with Crippen molar-refractivity contribution in [3.63, 3.8) is 0 Å². The molecule has 6 heteroatoms. The summed E-state index contributed by atoms with van der Waals surface area (Å²) < 4.78 is 5.41. The van der Waals surface area contributed by atoms with E-state index in [2.05, 4.69) is 10.2 Å². The molecule has 4 fully saturated rings. The van der Waals surface area contributed by atoms with Crippen LogP contribution in [0.3, 0.4) is 0 Å². The summed E-state index contributed by atoms with van der Waals surface area (Å²) in [5, 5.41) is 11.0. The summed E-state index contributed by atoms with van der Waals surface area (Å²) in [4.78, 5) is 15.0. The lowest BCUT2D eigenvalue weighted by Gasteiger charge is -2.55. The first-order valence-electron chi connectivity index (χ1n) is 10.9. The van der Waals surface area contributed by atoms with E-state index in [1.54, 1.807) is 28.4 Å². The Morgan fingerprint density at radius 1 is 1.00 bits per heavy atom. The van der Waals surface area contributed by atoms with Crippen LogP contribution in [-0.4, -0.2) is 16.1 Å². The molecule has 4 aliphatic carbocycles. The van der Waals surface area contributed by atoms with Crippen molar-refractivity contribution in [3.05, 3.63) is 65.1 Å². The molecular weight excluding hydrogens is 394 g/mol. The van der Waals surface area contributed by atoms with Crippen molar-refractivity contribution in [2.45, 2.75) is 50.5 Å². The van der Waals surface area contributed by atoms with E-state index in [0.717, 1.165) is 28.3 Å². The van der Waals surface area contributed by atoms with Crippen LogP contribution in [0, 0.1) is 17.8 Å². The molecule has 154 valence electrons. The van der Waals surface area contributed by atoms with Crippen LogP contribution in [0.4, 0.5) is 5.13 Å². The molecule has 30 heavy (non-hydrogen) atoms.